The van der Waals surface area contributed by atoms with E-state index in [-0.39, 0.29) is 28.6 Å². The van der Waals surface area contributed by atoms with Gasteiger partial charge in [0.25, 0.3) is 5.91 Å². The Labute approximate surface area is 176 Å². The summed E-state index contributed by atoms with van der Waals surface area (Å²) in [7, 11) is 2.78. The first kappa shape index (κ1) is 23.3. The van der Waals surface area contributed by atoms with Gasteiger partial charge in [-0.2, -0.15) is 0 Å². The lowest BCUT2D eigenvalue weighted by molar-refractivity contribution is -0.116. The Morgan fingerprint density at radius 1 is 1.10 bits per heavy atom. The number of nitrogens with one attached hydrogen (secondary N) is 1. The number of anilines is 1. The van der Waals surface area contributed by atoms with E-state index in [0.717, 1.165) is 6.07 Å². The Balaban J connectivity index is 2.23. The highest BCUT2D eigenvalue weighted by molar-refractivity contribution is 6.32. The number of carbonyl (C=O) groups excluding carboxylic acids is 2. The van der Waals surface area contributed by atoms with Crippen molar-refractivity contribution in [2.24, 2.45) is 0 Å². The Hall–Kier alpha value is -2.94. The van der Waals surface area contributed by atoms with Crippen LogP contribution in [-0.2, 0) is 4.79 Å². The quantitative estimate of drug-likeness (QED) is 0.618. The van der Waals surface area contributed by atoms with Gasteiger partial charge in [0.15, 0.2) is 29.0 Å². The van der Waals surface area contributed by atoms with Crippen LogP contribution in [0.3, 0.4) is 0 Å². The third-order valence-electron chi connectivity index (χ3n) is 4.10. The normalized spacial score (nSPS) is 10.5. The standard InChI is InChI=1S/C20H20ClF3N2O4/c1-4-7-26(10-16(27)25-14-6-5-13(22)17(23)18(14)24)20(28)11-8-12(21)19(30-3)15(9-11)29-2/h5-6,8-9H,4,7,10H2,1-3H3,(H,25,27). The lowest BCUT2D eigenvalue weighted by atomic mass is 10.1. The van der Waals surface area contributed by atoms with Crippen LogP contribution >= 0.6 is 11.6 Å². The minimum absolute atomic E-state index is 0.143. The number of hydrogen-bond donors (Lipinski definition) is 1. The van der Waals surface area contributed by atoms with Gasteiger partial charge in [-0.25, -0.2) is 13.2 Å². The number of methoxy groups -OCH3 is 2. The van der Waals surface area contributed by atoms with Gasteiger partial charge in [-0.3, -0.25) is 9.59 Å². The Bertz CT molecular complexity index is 956. The molecule has 0 saturated heterocycles. The highest BCUT2D eigenvalue weighted by atomic mass is 35.5. The molecular formula is C20H20ClF3N2O4. The van der Waals surface area contributed by atoms with E-state index in [4.69, 9.17) is 21.1 Å². The highest BCUT2D eigenvalue weighted by Crippen LogP contribution is 2.36. The second-order valence-corrected chi connectivity index (χ2v) is 6.60. The van der Waals surface area contributed by atoms with E-state index in [1.807, 2.05) is 0 Å². The van der Waals surface area contributed by atoms with Gasteiger partial charge in [-0.1, -0.05) is 18.5 Å². The second kappa shape index (κ2) is 10.2. The van der Waals surface area contributed by atoms with Crippen molar-refractivity contribution >= 4 is 29.1 Å². The molecule has 162 valence electrons. The fourth-order valence-electron chi connectivity index (χ4n) is 2.73. The molecule has 2 amide bonds. The van der Waals surface area contributed by atoms with Crippen molar-refractivity contribution in [3.05, 3.63) is 52.3 Å². The molecule has 1 N–H and O–H groups in total. The molecular weight excluding hydrogens is 425 g/mol. The van der Waals surface area contributed by atoms with E-state index >= 15 is 0 Å². The van der Waals surface area contributed by atoms with Crippen molar-refractivity contribution in [1.29, 1.82) is 0 Å². The fraction of sp³-hybridized carbons (Fsp3) is 0.300. The van der Waals surface area contributed by atoms with Gasteiger partial charge in [0, 0.05) is 12.1 Å². The number of carbonyl (C=O) groups is 2. The maximum atomic E-state index is 13.8. The summed E-state index contributed by atoms with van der Waals surface area (Å²) in [5.74, 6) is -5.42. The van der Waals surface area contributed by atoms with Crippen LogP contribution in [0.4, 0.5) is 18.9 Å². The minimum atomic E-state index is -1.70. The molecule has 30 heavy (non-hydrogen) atoms. The lowest BCUT2D eigenvalue weighted by Crippen LogP contribution is -2.38. The van der Waals surface area contributed by atoms with E-state index < -0.39 is 41.5 Å². The first-order valence-corrected chi connectivity index (χ1v) is 9.25. The van der Waals surface area contributed by atoms with E-state index in [0.29, 0.717) is 12.5 Å². The maximum Gasteiger partial charge on any atom is 0.254 e. The first-order valence-electron chi connectivity index (χ1n) is 8.87. The topological polar surface area (TPSA) is 67.9 Å². The predicted octanol–water partition coefficient (Wildman–Crippen LogP) is 4.27. The average molecular weight is 445 g/mol. The summed E-state index contributed by atoms with van der Waals surface area (Å²) in [5, 5.41) is 2.28. The molecule has 2 aromatic carbocycles. The van der Waals surface area contributed by atoms with Gasteiger partial charge in [0.2, 0.25) is 5.91 Å². The molecule has 0 heterocycles. The Morgan fingerprint density at radius 3 is 2.40 bits per heavy atom. The number of amides is 2. The van der Waals surface area contributed by atoms with Crippen LogP contribution in [0.5, 0.6) is 11.5 Å². The van der Waals surface area contributed by atoms with Crippen LogP contribution < -0.4 is 14.8 Å². The zero-order valence-corrected chi connectivity index (χ0v) is 17.3. The zero-order valence-electron chi connectivity index (χ0n) is 16.5. The molecule has 0 bridgehead atoms. The summed E-state index contributed by atoms with van der Waals surface area (Å²) in [4.78, 5) is 26.4. The summed E-state index contributed by atoms with van der Waals surface area (Å²) in [6.45, 7) is 1.56. The van der Waals surface area contributed by atoms with Crippen LogP contribution in [0.1, 0.15) is 23.7 Å². The summed E-state index contributed by atoms with van der Waals surface area (Å²) >= 11 is 6.13. The van der Waals surface area contributed by atoms with Crippen molar-refractivity contribution in [3.63, 3.8) is 0 Å². The lowest BCUT2D eigenvalue weighted by Gasteiger charge is -2.22. The van der Waals surface area contributed by atoms with Crippen LogP contribution in [0.25, 0.3) is 0 Å². The number of rotatable bonds is 8. The minimum Gasteiger partial charge on any atom is -0.493 e. The summed E-state index contributed by atoms with van der Waals surface area (Å²) in [6.07, 6.45) is 0.527. The number of halogens is 4. The van der Waals surface area contributed by atoms with Crippen molar-refractivity contribution in [3.8, 4) is 11.5 Å². The third kappa shape index (κ3) is 5.15. The second-order valence-electron chi connectivity index (χ2n) is 6.19. The Kier molecular flexibility index (Phi) is 7.93. The highest BCUT2D eigenvalue weighted by Gasteiger charge is 2.23. The molecule has 2 rings (SSSR count). The molecule has 10 heteroatoms. The molecule has 6 nitrogen and oxygen atoms in total. The predicted molar refractivity (Wildman–Crippen MR) is 106 cm³/mol. The van der Waals surface area contributed by atoms with Crippen molar-refractivity contribution in [2.75, 3.05) is 32.6 Å². The number of ether oxygens (including phenoxy) is 2. The number of hydrogen-bond acceptors (Lipinski definition) is 4. The summed E-state index contributed by atoms with van der Waals surface area (Å²) in [5.41, 5.74) is -0.380. The van der Waals surface area contributed by atoms with E-state index in [2.05, 4.69) is 5.32 Å². The fourth-order valence-corrected chi connectivity index (χ4v) is 3.02. The maximum absolute atomic E-state index is 13.8. The number of nitrogens with zero attached hydrogens (tertiary/aromatic N) is 1. The Morgan fingerprint density at radius 2 is 1.80 bits per heavy atom. The molecule has 0 aliphatic heterocycles. The number of benzene rings is 2. The van der Waals surface area contributed by atoms with E-state index in [1.54, 1.807) is 6.92 Å². The van der Waals surface area contributed by atoms with Crippen molar-refractivity contribution < 1.29 is 32.2 Å². The van der Waals surface area contributed by atoms with Crippen LogP contribution in [0.2, 0.25) is 5.02 Å². The van der Waals surface area contributed by atoms with Gasteiger partial charge in [0.05, 0.1) is 24.9 Å². The SMILES string of the molecule is CCCN(CC(=O)Nc1ccc(F)c(F)c1F)C(=O)c1cc(Cl)c(OC)c(OC)c1. The average Bonchev–Trinajstić information content (AvgIpc) is 2.72. The van der Waals surface area contributed by atoms with Crippen molar-refractivity contribution in [1.82, 2.24) is 4.90 Å². The molecule has 0 aromatic heterocycles. The molecule has 0 unspecified atom stereocenters. The largest absolute Gasteiger partial charge is 0.493 e. The van der Waals surface area contributed by atoms with Gasteiger partial charge in [-0.05, 0) is 30.7 Å². The van der Waals surface area contributed by atoms with E-state index in [1.165, 1.54) is 31.3 Å². The monoisotopic (exact) mass is 444 g/mol. The zero-order chi connectivity index (χ0) is 22.4. The molecule has 0 saturated carbocycles. The summed E-state index contributed by atoms with van der Waals surface area (Å²) in [6, 6.07) is 4.38. The van der Waals surface area contributed by atoms with Crippen molar-refractivity contribution in [2.45, 2.75) is 13.3 Å². The first-order chi connectivity index (χ1) is 14.2. The molecule has 2 aromatic rings. The van der Waals surface area contributed by atoms with Crippen LogP contribution in [0, 0.1) is 17.5 Å². The molecule has 0 aliphatic rings. The van der Waals surface area contributed by atoms with Crippen LogP contribution in [-0.4, -0.2) is 44.0 Å². The van der Waals surface area contributed by atoms with E-state index in [9.17, 15) is 22.8 Å². The van der Waals surface area contributed by atoms with Gasteiger partial charge < -0.3 is 19.7 Å². The molecule has 0 aliphatic carbocycles. The third-order valence-corrected chi connectivity index (χ3v) is 4.39. The van der Waals surface area contributed by atoms with Gasteiger partial charge in [-0.15, -0.1) is 0 Å². The smallest absolute Gasteiger partial charge is 0.254 e. The summed E-state index contributed by atoms with van der Waals surface area (Å²) < 4.78 is 50.5. The molecule has 0 spiro atoms. The van der Waals surface area contributed by atoms with Crippen LogP contribution in [0.15, 0.2) is 24.3 Å². The van der Waals surface area contributed by atoms with Gasteiger partial charge in [0.1, 0.15) is 6.54 Å². The molecule has 0 fully saturated rings. The molecule has 0 radical (unpaired) electrons. The molecule has 0 atom stereocenters. The van der Waals surface area contributed by atoms with Gasteiger partial charge >= 0.3 is 0 Å².